The van der Waals surface area contributed by atoms with Gasteiger partial charge in [-0.15, -0.1) is 0 Å². The fourth-order valence-electron chi connectivity index (χ4n) is 1.89. The lowest BCUT2D eigenvalue weighted by atomic mass is 10.3. The number of hydrogen-bond donors (Lipinski definition) is 1. The topological polar surface area (TPSA) is 86.5 Å². The lowest BCUT2D eigenvalue weighted by Crippen LogP contribution is -2.40. The summed E-state index contributed by atoms with van der Waals surface area (Å²) in [6, 6.07) is 8.00. The predicted octanol–water partition coefficient (Wildman–Crippen LogP) is 0.493. The van der Waals surface area contributed by atoms with Gasteiger partial charge in [-0.3, -0.25) is 4.79 Å². The molecule has 0 unspecified atom stereocenters. The maximum absolute atomic E-state index is 12.2. The Morgan fingerprint density at radius 2 is 2.06 bits per heavy atom. The molecule has 1 aromatic rings. The van der Waals surface area contributed by atoms with Crippen molar-refractivity contribution in [3.05, 3.63) is 30.3 Å². The van der Waals surface area contributed by atoms with Crippen molar-refractivity contribution < 1.29 is 17.9 Å². The van der Waals surface area contributed by atoms with E-state index in [1.54, 1.807) is 25.1 Å². The number of nitrogens with two attached hydrogens (primary N) is 1. The molecule has 0 aliphatic heterocycles. The second kappa shape index (κ2) is 4.37. The number of rotatable bonds is 4. The molecule has 18 heavy (non-hydrogen) atoms. The Bertz CT molecular complexity index is 555. The zero-order valence-corrected chi connectivity index (χ0v) is 10.8. The molecule has 1 aliphatic rings. The molecule has 0 radical (unpaired) electrons. The number of hydrogen-bond acceptors (Lipinski definition) is 5. The van der Waals surface area contributed by atoms with Gasteiger partial charge in [0, 0.05) is 0 Å². The van der Waals surface area contributed by atoms with E-state index in [0.717, 1.165) is 0 Å². The molecule has 1 aromatic carbocycles. The van der Waals surface area contributed by atoms with Crippen molar-refractivity contribution >= 4 is 15.8 Å². The van der Waals surface area contributed by atoms with Crippen LogP contribution < -0.4 is 5.73 Å². The average molecular weight is 269 g/mol. The van der Waals surface area contributed by atoms with Crippen LogP contribution in [0.2, 0.25) is 0 Å². The molecule has 98 valence electrons. The van der Waals surface area contributed by atoms with Crippen LogP contribution in [0.1, 0.15) is 13.3 Å². The van der Waals surface area contributed by atoms with Gasteiger partial charge in [0.1, 0.15) is 5.54 Å². The summed E-state index contributed by atoms with van der Waals surface area (Å²) < 4.78 is 29.3. The van der Waals surface area contributed by atoms with Crippen LogP contribution >= 0.6 is 0 Å². The third-order valence-corrected chi connectivity index (χ3v) is 5.30. The zero-order chi connectivity index (χ0) is 13.4. The molecule has 5 nitrogen and oxygen atoms in total. The Kier molecular flexibility index (Phi) is 3.16. The second-order valence-corrected chi connectivity index (χ2v) is 6.44. The number of carbonyl (C=O) groups excluding carboxylic acids is 1. The smallest absolute Gasteiger partial charge is 0.327 e. The van der Waals surface area contributed by atoms with E-state index in [0.29, 0.717) is 0 Å². The molecule has 1 saturated carbocycles. The first-order valence-electron chi connectivity index (χ1n) is 5.68. The lowest BCUT2D eigenvalue weighted by molar-refractivity contribution is -0.145. The van der Waals surface area contributed by atoms with E-state index in [4.69, 9.17) is 10.5 Å². The number of esters is 1. The van der Waals surface area contributed by atoms with Crippen molar-refractivity contribution in [2.24, 2.45) is 5.73 Å². The van der Waals surface area contributed by atoms with Gasteiger partial charge in [0.2, 0.25) is 0 Å². The van der Waals surface area contributed by atoms with Gasteiger partial charge in [-0.25, -0.2) is 8.42 Å². The highest BCUT2D eigenvalue weighted by atomic mass is 32.2. The molecule has 0 bridgehead atoms. The van der Waals surface area contributed by atoms with Gasteiger partial charge in [0.15, 0.2) is 9.84 Å². The molecule has 0 saturated heterocycles. The number of ether oxygens (including phenoxy) is 1. The highest BCUT2D eigenvalue weighted by molar-refractivity contribution is 7.92. The fraction of sp³-hybridized carbons (Fsp3) is 0.417. The van der Waals surface area contributed by atoms with Gasteiger partial charge in [-0.1, -0.05) is 18.2 Å². The van der Waals surface area contributed by atoms with Crippen molar-refractivity contribution in [3.8, 4) is 0 Å². The summed E-state index contributed by atoms with van der Waals surface area (Å²) in [7, 11) is -3.56. The molecule has 6 heteroatoms. The number of carbonyl (C=O) groups is 1. The Morgan fingerprint density at radius 3 is 2.61 bits per heavy atom. The van der Waals surface area contributed by atoms with Gasteiger partial charge in [-0.05, 0) is 25.5 Å². The van der Waals surface area contributed by atoms with Crippen LogP contribution in [0.25, 0.3) is 0 Å². The van der Waals surface area contributed by atoms with E-state index in [1.165, 1.54) is 12.1 Å². The molecule has 0 aromatic heterocycles. The molecule has 2 atom stereocenters. The summed E-state index contributed by atoms with van der Waals surface area (Å²) in [5, 5.41) is -0.883. The van der Waals surface area contributed by atoms with Crippen LogP contribution in [0.15, 0.2) is 35.2 Å². The molecule has 0 spiro atoms. The van der Waals surface area contributed by atoms with Crippen LogP contribution in [0, 0.1) is 0 Å². The lowest BCUT2D eigenvalue weighted by Gasteiger charge is -2.10. The van der Waals surface area contributed by atoms with E-state index in [9.17, 15) is 13.2 Å². The summed E-state index contributed by atoms with van der Waals surface area (Å²) in [5.41, 5.74) is 4.41. The minimum atomic E-state index is -3.56. The Labute approximate surface area is 106 Å². The Balaban J connectivity index is 2.24. The van der Waals surface area contributed by atoms with E-state index >= 15 is 0 Å². The molecular weight excluding hydrogens is 254 g/mol. The molecule has 0 amide bonds. The quantitative estimate of drug-likeness (QED) is 0.804. The van der Waals surface area contributed by atoms with Crippen LogP contribution in [0.3, 0.4) is 0 Å². The minimum absolute atomic E-state index is 0.114. The molecule has 1 fully saturated rings. The third kappa shape index (κ3) is 2.02. The van der Waals surface area contributed by atoms with Crippen LogP contribution in [-0.4, -0.2) is 31.8 Å². The SMILES string of the molecule is CCOC(=O)[C@@]1(N)C[C@@H]1S(=O)(=O)c1ccccc1. The summed E-state index contributed by atoms with van der Waals surface area (Å²) in [6.07, 6.45) is 0.114. The molecule has 0 heterocycles. The highest BCUT2D eigenvalue weighted by Crippen LogP contribution is 2.43. The predicted molar refractivity (Wildman–Crippen MR) is 65.6 cm³/mol. The first kappa shape index (κ1) is 13.0. The van der Waals surface area contributed by atoms with Crippen molar-refractivity contribution in [2.45, 2.75) is 29.0 Å². The Morgan fingerprint density at radius 1 is 1.44 bits per heavy atom. The Hall–Kier alpha value is -1.40. The van der Waals surface area contributed by atoms with E-state index in [-0.39, 0.29) is 17.9 Å². The van der Waals surface area contributed by atoms with Gasteiger partial charge in [0.05, 0.1) is 16.8 Å². The van der Waals surface area contributed by atoms with Crippen molar-refractivity contribution in [1.82, 2.24) is 0 Å². The molecule has 1 aliphatic carbocycles. The summed E-state index contributed by atoms with van der Waals surface area (Å²) in [5.74, 6) is -0.644. The van der Waals surface area contributed by atoms with Crippen molar-refractivity contribution in [3.63, 3.8) is 0 Å². The molecule has 2 N–H and O–H groups in total. The summed E-state index contributed by atoms with van der Waals surface area (Å²) in [4.78, 5) is 11.8. The number of sulfone groups is 1. The summed E-state index contributed by atoms with van der Waals surface area (Å²) >= 11 is 0. The third-order valence-electron chi connectivity index (χ3n) is 3.04. The maximum atomic E-state index is 12.2. The zero-order valence-electron chi connectivity index (χ0n) is 10.00. The average Bonchev–Trinajstić information content (AvgIpc) is 3.06. The van der Waals surface area contributed by atoms with Crippen molar-refractivity contribution in [2.75, 3.05) is 6.61 Å². The highest BCUT2D eigenvalue weighted by Gasteiger charge is 2.65. The first-order chi connectivity index (χ1) is 8.43. The van der Waals surface area contributed by atoms with Gasteiger partial charge >= 0.3 is 5.97 Å². The van der Waals surface area contributed by atoms with Crippen molar-refractivity contribution in [1.29, 1.82) is 0 Å². The molecule has 2 rings (SSSR count). The van der Waals surface area contributed by atoms with E-state index < -0.39 is 26.6 Å². The summed E-state index contributed by atoms with van der Waals surface area (Å²) in [6.45, 7) is 1.85. The van der Waals surface area contributed by atoms with Gasteiger partial charge < -0.3 is 10.5 Å². The number of benzene rings is 1. The maximum Gasteiger partial charge on any atom is 0.327 e. The second-order valence-electron chi connectivity index (χ2n) is 4.31. The standard InChI is InChI=1S/C12H15NO4S/c1-2-17-11(14)12(13)8-10(12)18(15,16)9-6-4-3-5-7-9/h3-7,10H,2,8,13H2,1H3/t10-,12+/m0/s1. The van der Waals surface area contributed by atoms with E-state index in [2.05, 4.69) is 0 Å². The first-order valence-corrected chi connectivity index (χ1v) is 7.22. The van der Waals surface area contributed by atoms with Crippen LogP contribution in [-0.2, 0) is 19.4 Å². The van der Waals surface area contributed by atoms with E-state index in [1.807, 2.05) is 0 Å². The van der Waals surface area contributed by atoms with Crippen LogP contribution in [0.4, 0.5) is 0 Å². The minimum Gasteiger partial charge on any atom is -0.465 e. The normalized spacial score (nSPS) is 26.7. The fourth-order valence-corrected chi connectivity index (χ4v) is 3.90. The largest absolute Gasteiger partial charge is 0.465 e. The monoisotopic (exact) mass is 269 g/mol. The van der Waals surface area contributed by atoms with Crippen LogP contribution in [0.5, 0.6) is 0 Å². The van der Waals surface area contributed by atoms with Gasteiger partial charge in [0.25, 0.3) is 0 Å². The van der Waals surface area contributed by atoms with Gasteiger partial charge in [-0.2, -0.15) is 0 Å². The molecular formula is C12H15NO4S.